The number of hydrogen-bond donors (Lipinski definition) is 0. The van der Waals surface area contributed by atoms with E-state index in [0.29, 0.717) is 6.61 Å². The van der Waals surface area contributed by atoms with Crippen LogP contribution < -0.4 is 9.64 Å². The van der Waals surface area contributed by atoms with E-state index >= 15 is 0 Å². The number of sulfone groups is 1. The van der Waals surface area contributed by atoms with Crippen LogP contribution in [-0.4, -0.2) is 63.8 Å². The lowest BCUT2D eigenvalue weighted by molar-refractivity contribution is 0.219. The van der Waals surface area contributed by atoms with Gasteiger partial charge < -0.3 is 14.4 Å². The van der Waals surface area contributed by atoms with E-state index in [1.54, 1.807) is 26.0 Å². The zero-order valence-electron chi connectivity index (χ0n) is 13.1. The minimum absolute atomic E-state index is 0.113. The lowest BCUT2D eigenvalue weighted by atomic mass is 10.1. The Hall–Kier alpha value is -1.25. The molecule has 6 nitrogen and oxygen atoms in total. The molecule has 2 aliphatic rings. The Morgan fingerprint density at radius 1 is 1.26 bits per heavy atom. The lowest BCUT2D eigenvalue weighted by Crippen LogP contribution is -2.39. The van der Waals surface area contributed by atoms with Gasteiger partial charge in [-0.3, -0.25) is 4.99 Å². The number of thioether (sulfide) groups is 1. The summed E-state index contributed by atoms with van der Waals surface area (Å²) in [6.45, 7) is 0.633. The predicted molar refractivity (Wildman–Crippen MR) is 93.5 cm³/mol. The molecule has 1 aromatic rings. The highest BCUT2D eigenvalue weighted by Crippen LogP contribution is 2.35. The Labute approximate surface area is 140 Å². The number of nitrogens with zero attached hydrogens (tertiary/aromatic N) is 2. The van der Waals surface area contributed by atoms with Crippen LogP contribution in [0.25, 0.3) is 0 Å². The van der Waals surface area contributed by atoms with Crippen molar-refractivity contribution in [1.29, 1.82) is 0 Å². The average Bonchev–Trinajstić information content (AvgIpc) is 2.99. The predicted octanol–water partition coefficient (Wildman–Crippen LogP) is 1.42. The first kappa shape index (κ1) is 16.6. The van der Waals surface area contributed by atoms with Crippen molar-refractivity contribution >= 4 is 32.5 Å². The van der Waals surface area contributed by atoms with Gasteiger partial charge >= 0.3 is 0 Å². The van der Waals surface area contributed by atoms with Crippen LogP contribution in [0.1, 0.15) is 0 Å². The van der Waals surface area contributed by atoms with Gasteiger partial charge in [-0.15, -0.1) is 0 Å². The van der Waals surface area contributed by atoms with Crippen LogP contribution in [-0.2, 0) is 14.6 Å². The molecule has 0 bridgehead atoms. The molecule has 3 rings (SSSR count). The largest absolute Gasteiger partial charge is 0.497 e. The van der Waals surface area contributed by atoms with Gasteiger partial charge in [0, 0.05) is 18.6 Å². The van der Waals surface area contributed by atoms with E-state index in [-0.39, 0.29) is 23.6 Å². The molecule has 0 aromatic heterocycles. The number of aliphatic imine (C=N–C) groups is 1. The van der Waals surface area contributed by atoms with E-state index < -0.39 is 9.84 Å². The van der Waals surface area contributed by atoms with Gasteiger partial charge in [0.1, 0.15) is 5.75 Å². The zero-order chi connectivity index (χ0) is 16.4. The first-order chi connectivity index (χ1) is 11.0. The standard InChI is InChI=1S/C15H20N2O4S2/c1-20-7-8-22-15-16-13-9-23(18,19)10-14(13)17(15)11-3-5-12(21-2)6-4-11/h3-6,13-14H,7-10H2,1-2H3/t13-,14-/m1/s1. The highest BCUT2D eigenvalue weighted by molar-refractivity contribution is 8.14. The van der Waals surface area contributed by atoms with Gasteiger partial charge in [0.2, 0.25) is 0 Å². The van der Waals surface area contributed by atoms with Crippen LogP contribution in [0.5, 0.6) is 5.75 Å². The Kier molecular flexibility index (Phi) is 4.84. The molecule has 0 amide bonds. The summed E-state index contributed by atoms with van der Waals surface area (Å²) in [5, 5.41) is 0.872. The number of amidine groups is 1. The summed E-state index contributed by atoms with van der Waals surface area (Å²) in [6, 6.07) is 7.36. The molecule has 0 aliphatic carbocycles. The van der Waals surface area contributed by atoms with Crippen LogP contribution in [0, 0.1) is 0 Å². The molecule has 126 valence electrons. The quantitative estimate of drug-likeness (QED) is 0.743. The maximum atomic E-state index is 11.9. The zero-order valence-corrected chi connectivity index (χ0v) is 14.8. The fourth-order valence-corrected chi connectivity index (χ4v) is 5.76. The Morgan fingerprint density at radius 3 is 2.65 bits per heavy atom. The van der Waals surface area contributed by atoms with Gasteiger partial charge in [0.05, 0.1) is 37.3 Å². The van der Waals surface area contributed by atoms with E-state index in [1.807, 2.05) is 24.3 Å². The van der Waals surface area contributed by atoms with Crippen molar-refractivity contribution in [3.8, 4) is 5.75 Å². The Morgan fingerprint density at radius 2 is 2.00 bits per heavy atom. The fraction of sp³-hybridized carbons (Fsp3) is 0.533. The normalized spacial score (nSPS) is 25.3. The molecule has 0 saturated carbocycles. The molecule has 0 N–H and O–H groups in total. The summed E-state index contributed by atoms with van der Waals surface area (Å²) < 4.78 is 34.2. The SMILES string of the molecule is COCCSC1=N[C@@H]2CS(=O)(=O)C[C@H]2N1c1ccc(OC)cc1. The second-order valence-corrected chi connectivity index (χ2v) is 8.75. The van der Waals surface area contributed by atoms with Gasteiger partial charge in [-0.1, -0.05) is 11.8 Å². The van der Waals surface area contributed by atoms with Gasteiger partial charge in [-0.05, 0) is 24.3 Å². The molecule has 2 heterocycles. The highest BCUT2D eigenvalue weighted by Gasteiger charge is 2.47. The second-order valence-electron chi connectivity index (χ2n) is 5.53. The molecule has 2 atom stereocenters. The van der Waals surface area contributed by atoms with Gasteiger partial charge in [0.25, 0.3) is 0 Å². The van der Waals surface area contributed by atoms with Crippen molar-refractivity contribution in [2.24, 2.45) is 4.99 Å². The van der Waals surface area contributed by atoms with Crippen LogP contribution in [0.15, 0.2) is 29.3 Å². The fourth-order valence-electron chi connectivity index (χ4n) is 2.89. The third-order valence-corrected chi connectivity index (χ3v) is 6.61. The van der Waals surface area contributed by atoms with Crippen LogP contribution in [0.4, 0.5) is 5.69 Å². The monoisotopic (exact) mass is 356 g/mol. The maximum absolute atomic E-state index is 11.9. The molecule has 0 unspecified atom stereocenters. The summed E-state index contributed by atoms with van der Waals surface area (Å²) in [6.07, 6.45) is 0. The van der Waals surface area contributed by atoms with E-state index in [9.17, 15) is 8.42 Å². The molecule has 1 aromatic carbocycles. The van der Waals surface area contributed by atoms with E-state index in [0.717, 1.165) is 22.4 Å². The van der Waals surface area contributed by atoms with Crippen molar-refractivity contribution in [3.63, 3.8) is 0 Å². The van der Waals surface area contributed by atoms with E-state index in [1.165, 1.54) is 0 Å². The number of fused-ring (bicyclic) bond motifs is 1. The number of ether oxygens (including phenoxy) is 2. The van der Waals surface area contributed by atoms with Gasteiger partial charge in [-0.25, -0.2) is 8.42 Å². The Balaban J connectivity index is 1.87. The molecular formula is C15H20N2O4S2. The van der Waals surface area contributed by atoms with Crippen molar-refractivity contribution in [2.75, 3.05) is 43.0 Å². The molecule has 0 radical (unpaired) electrons. The van der Waals surface area contributed by atoms with Gasteiger partial charge in [-0.2, -0.15) is 0 Å². The second kappa shape index (κ2) is 6.70. The molecule has 2 aliphatic heterocycles. The smallest absolute Gasteiger partial charge is 0.164 e. The van der Waals surface area contributed by atoms with Crippen molar-refractivity contribution in [2.45, 2.75) is 12.1 Å². The van der Waals surface area contributed by atoms with Crippen molar-refractivity contribution < 1.29 is 17.9 Å². The Bertz CT molecular complexity index is 688. The number of benzene rings is 1. The number of methoxy groups -OCH3 is 2. The molecule has 23 heavy (non-hydrogen) atoms. The summed E-state index contributed by atoms with van der Waals surface area (Å²) in [5.41, 5.74) is 0.944. The van der Waals surface area contributed by atoms with Crippen LogP contribution in [0.3, 0.4) is 0 Å². The van der Waals surface area contributed by atoms with E-state index in [2.05, 4.69) is 9.89 Å². The van der Waals surface area contributed by atoms with Crippen LogP contribution >= 0.6 is 11.8 Å². The lowest BCUT2D eigenvalue weighted by Gasteiger charge is -2.26. The summed E-state index contributed by atoms with van der Waals surface area (Å²) in [5.74, 6) is 1.85. The number of anilines is 1. The minimum atomic E-state index is -3.02. The van der Waals surface area contributed by atoms with Crippen molar-refractivity contribution in [1.82, 2.24) is 0 Å². The molecule has 1 fully saturated rings. The molecule has 0 spiro atoms. The minimum Gasteiger partial charge on any atom is -0.497 e. The third-order valence-electron chi connectivity index (χ3n) is 3.98. The topological polar surface area (TPSA) is 68.2 Å². The highest BCUT2D eigenvalue weighted by atomic mass is 32.2. The molecule has 8 heteroatoms. The first-order valence-corrected chi connectivity index (χ1v) is 10.2. The average molecular weight is 356 g/mol. The van der Waals surface area contributed by atoms with Crippen LogP contribution in [0.2, 0.25) is 0 Å². The number of rotatable bonds is 5. The van der Waals surface area contributed by atoms with Crippen molar-refractivity contribution in [3.05, 3.63) is 24.3 Å². The summed E-state index contributed by atoms with van der Waals surface area (Å²) >= 11 is 1.60. The third kappa shape index (κ3) is 3.49. The number of hydrogen-bond acceptors (Lipinski definition) is 7. The first-order valence-electron chi connectivity index (χ1n) is 7.37. The summed E-state index contributed by atoms with van der Waals surface area (Å²) in [7, 11) is 0.274. The molecule has 1 saturated heterocycles. The molecular weight excluding hydrogens is 336 g/mol. The van der Waals surface area contributed by atoms with E-state index in [4.69, 9.17) is 9.47 Å². The summed E-state index contributed by atoms with van der Waals surface area (Å²) in [4.78, 5) is 6.71. The maximum Gasteiger partial charge on any atom is 0.164 e. The van der Waals surface area contributed by atoms with Gasteiger partial charge in [0.15, 0.2) is 15.0 Å².